The van der Waals surface area contributed by atoms with Crippen molar-refractivity contribution in [2.75, 3.05) is 14.2 Å². The third kappa shape index (κ3) is 8.14. The number of esters is 1. The fourth-order valence-corrected chi connectivity index (χ4v) is 7.45. The molecule has 2 unspecified atom stereocenters. The summed E-state index contributed by atoms with van der Waals surface area (Å²) in [7, 11) is 1.72. The van der Waals surface area contributed by atoms with Crippen molar-refractivity contribution in [3.63, 3.8) is 0 Å². The van der Waals surface area contributed by atoms with Crippen LogP contribution < -0.4 is 21.3 Å². The van der Waals surface area contributed by atoms with E-state index in [1.807, 2.05) is 30.3 Å². The number of alkyl carbamates (subject to hydrolysis) is 1. The number of nitrogens with one attached hydrogen (secondary N) is 4. The molecule has 0 spiro atoms. The van der Waals surface area contributed by atoms with Gasteiger partial charge in [-0.3, -0.25) is 19.2 Å². The number of rotatable bonds is 14. The van der Waals surface area contributed by atoms with Crippen LogP contribution >= 0.6 is 0 Å². The number of amides is 4. The molecule has 14 heteroatoms. The van der Waals surface area contributed by atoms with E-state index in [9.17, 15) is 24.0 Å². The van der Waals surface area contributed by atoms with Crippen LogP contribution in [0.5, 0.6) is 0 Å². The summed E-state index contributed by atoms with van der Waals surface area (Å²) < 4.78 is 22.5. The molecular weight excluding hydrogens is 619 g/mol. The number of carbonyl (C=O) groups is 5. The van der Waals surface area contributed by atoms with Gasteiger partial charge in [0.25, 0.3) is 0 Å². The van der Waals surface area contributed by atoms with Crippen molar-refractivity contribution in [1.82, 2.24) is 21.3 Å². The van der Waals surface area contributed by atoms with Crippen LogP contribution in [0, 0.1) is 23.2 Å². The third-order valence-electron chi connectivity index (χ3n) is 10.6. The van der Waals surface area contributed by atoms with Crippen LogP contribution in [0.3, 0.4) is 0 Å². The normalized spacial score (nSPS) is 26.1. The minimum atomic E-state index is -1.06. The Morgan fingerprint density at radius 3 is 2.19 bits per heavy atom. The van der Waals surface area contributed by atoms with E-state index >= 15 is 0 Å². The molecule has 1 heterocycles. The van der Waals surface area contributed by atoms with Crippen molar-refractivity contribution < 1.29 is 42.8 Å². The maximum atomic E-state index is 13.7. The minimum Gasteiger partial charge on any atom is -0.469 e. The SMILES string of the molecule is COC(=O)CCC(NC(=O)[C@H](C)NC(=O)[C@H](Cc1ccccc1)NC(=O)[C@@H](NC(=O)OC)C(C)C)B1O[C@@H]2CC3C[C@@H](C3(C)C)[C@]2(C)O1. The Kier molecular flexibility index (Phi) is 11.8. The molecule has 8 atom stereocenters. The summed E-state index contributed by atoms with van der Waals surface area (Å²) in [5, 5.41) is 10.9. The fourth-order valence-electron chi connectivity index (χ4n) is 7.45. The van der Waals surface area contributed by atoms with E-state index < -0.39 is 66.6 Å². The minimum absolute atomic E-state index is 0.0339. The van der Waals surface area contributed by atoms with Crippen LogP contribution in [0.25, 0.3) is 0 Å². The molecule has 3 saturated carbocycles. The van der Waals surface area contributed by atoms with Gasteiger partial charge in [0.1, 0.15) is 18.1 Å². The molecule has 1 aliphatic heterocycles. The largest absolute Gasteiger partial charge is 0.481 e. The summed E-state index contributed by atoms with van der Waals surface area (Å²) >= 11 is 0. The Balaban J connectivity index is 1.46. The number of ether oxygens (including phenoxy) is 2. The summed E-state index contributed by atoms with van der Waals surface area (Å²) in [5.74, 6) is -2.24. The zero-order valence-corrected chi connectivity index (χ0v) is 29.3. The number of methoxy groups -OCH3 is 2. The van der Waals surface area contributed by atoms with Gasteiger partial charge in [-0.25, -0.2) is 4.79 Å². The molecule has 1 saturated heterocycles. The first kappa shape index (κ1) is 37.2. The van der Waals surface area contributed by atoms with Gasteiger partial charge in [-0.2, -0.15) is 0 Å². The lowest BCUT2D eigenvalue weighted by molar-refractivity contribution is -0.199. The molecule has 3 aliphatic carbocycles. The highest BCUT2D eigenvalue weighted by atomic mass is 16.7. The van der Waals surface area contributed by atoms with Crippen LogP contribution in [0.15, 0.2) is 30.3 Å². The molecule has 4 fully saturated rings. The van der Waals surface area contributed by atoms with Gasteiger partial charge in [0.05, 0.1) is 31.9 Å². The number of carbonyl (C=O) groups excluding carboxylic acids is 5. The molecule has 1 aromatic rings. The van der Waals surface area contributed by atoms with Crippen molar-refractivity contribution >= 4 is 36.9 Å². The topological polar surface area (TPSA) is 170 Å². The first-order chi connectivity index (χ1) is 22.6. The highest BCUT2D eigenvalue weighted by molar-refractivity contribution is 6.48. The molecule has 13 nitrogen and oxygen atoms in total. The summed E-state index contributed by atoms with van der Waals surface area (Å²) in [6.45, 7) is 11.6. The first-order valence-corrected chi connectivity index (χ1v) is 16.8. The van der Waals surface area contributed by atoms with Crippen molar-refractivity contribution in [2.45, 2.75) is 109 Å². The molecule has 4 aliphatic rings. The molecule has 2 bridgehead atoms. The standard InChI is InChI=1S/C34H51BN4O9/c1-19(2)28(39-32(44)46-8)31(43)37-23(16-21-12-10-9-11-13-21)30(42)36-20(3)29(41)38-26(14-15-27(40)45-7)35-47-25-18-22-17-24(33(22,4)5)34(25,6)48-35/h9-13,19-20,22-26,28H,14-18H2,1-8H3,(H,36,42)(H,37,43)(H,38,41)(H,39,44)/t20-,22?,23-,24-,25+,26?,28-,34-/m0/s1. The first-order valence-electron chi connectivity index (χ1n) is 16.8. The second-order valence-electron chi connectivity index (χ2n) is 14.4. The molecule has 0 radical (unpaired) electrons. The molecule has 264 valence electrons. The molecular formula is C34H51BN4O9. The van der Waals surface area contributed by atoms with Gasteiger partial charge in [-0.15, -0.1) is 0 Å². The van der Waals surface area contributed by atoms with Crippen molar-refractivity contribution in [2.24, 2.45) is 23.2 Å². The lowest BCUT2D eigenvalue weighted by Crippen LogP contribution is -2.65. The van der Waals surface area contributed by atoms with Gasteiger partial charge in [-0.05, 0) is 61.8 Å². The Morgan fingerprint density at radius 2 is 1.58 bits per heavy atom. The number of hydrogen-bond acceptors (Lipinski definition) is 9. The maximum absolute atomic E-state index is 13.7. The Hall–Kier alpha value is -3.65. The average Bonchev–Trinajstić information content (AvgIpc) is 3.41. The summed E-state index contributed by atoms with van der Waals surface area (Å²) in [4.78, 5) is 64.5. The van der Waals surface area contributed by atoms with E-state index in [1.54, 1.807) is 13.8 Å². The lowest BCUT2D eigenvalue weighted by Gasteiger charge is -2.64. The second-order valence-corrected chi connectivity index (χ2v) is 14.4. The van der Waals surface area contributed by atoms with E-state index in [4.69, 9.17) is 14.0 Å². The highest BCUT2D eigenvalue weighted by Gasteiger charge is 2.68. The molecule has 0 aromatic heterocycles. The summed E-state index contributed by atoms with van der Waals surface area (Å²) in [6.07, 6.45) is 1.41. The van der Waals surface area contributed by atoms with Crippen molar-refractivity contribution in [1.29, 1.82) is 0 Å². The van der Waals surface area contributed by atoms with E-state index in [1.165, 1.54) is 21.1 Å². The van der Waals surface area contributed by atoms with E-state index in [-0.39, 0.29) is 36.7 Å². The molecule has 4 N–H and O–H groups in total. The Labute approximate surface area is 283 Å². The number of hydrogen-bond donors (Lipinski definition) is 4. The van der Waals surface area contributed by atoms with Crippen LogP contribution in [-0.2, 0) is 44.4 Å². The predicted molar refractivity (Wildman–Crippen MR) is 177 cm³/mol. The third-order valence-corrected chi connectivity index (χ3v) is 10.6. The molecule has 5 rings (SSSR count). The van der Waals surface area contributed by atoms with Crippen LogP contribution in [0.4, 0.5) is 4.79 Å². The van der Waals surface area contributed by atoms with Gasteiger partial charge in [0.2, 0.25) is 17.7 Å². The lowest BCUT2D eigenvalue weighted by atomic mass is 9.43. The van der Waals surface area contributed by atoms with E-state index in [0.717, 1.165) is 18.4 Å². The van der Waals surface area contributed by atoms with Gasteiger partial charge in [0.15, 0.2) is 0 Å². The van der Waals surface area contributed by atoms with Crippen molar-refractivity contribution in [3.8, 4) is 0 Å². The van der Waals surface area contributed by atoms with Gasteiger partial charge in [-0.1, -0.05) is 58.0 Å². The number of benzene rings is 1. The van der Waals surface area contributed by atoms with Crippen LogP contribution in [-0.4, -0.2) is 86.9 Å². The second kappa shape index (κ2) is 15.3. The Morgan fingerprint density at radius 1 is 0.896 bits per heavy atom. The van der Waals surface area contributed by atoms with Crippen LogP contribution in [0.1, 0.15) is 72.8 Å². The summed E-state index contributed by atoms with van der Waals surface area (Å²) in [5.41, 5.74) is 0.395. The van der Waals surface area contributed by atoms with Crippen LogP contribution in [0.2, 0.25) is 0 Å². The van der Waals surface area contributed by atoms with Gasteiger partial charge < -0.3 is 40.0 Å². The zero-order valence-electron chi connectivity index (χ0n) is 29.3. The summed E-state index contributed by atoms with van der Waals surface area (Å²) in [6, 6.07) is 6.08. The highest BCUT2D eigenvalue weighted by Crippen LogP contribution is 2.65. The van der Waals surface area contributed by atoms with Gasteiger partial charge >= 0.3 is 19.2 Å². The molecule has 48 heavy (non-hydrogen) atoms. The monoisotopic (exact) mass is 670 g/mol. The molecule has 1 aromatic carbocycles. The maximum Gasteiger partial charge on any atom is 0.481 e. The average molecular weight is 671 g/mol. The molecule has 4 amide bonds. The fraction of sp³-hybridized carbons (Fsp3) is 0.676. The van der Waals surface area contributed by atoms with E-state index in [0.29, 0.717) is 11.8 Å². The Bertz CT molecular complexity index is 1340. The van der Waals surface area contributed by atoms with Gasteiger partial charge in [0, 0.05) is 12.8 Å². The smallest absolute Gasteiger partial charge is 0.469 e. The van der Waals surface area contributed by atoms with E-state index in [2.05, 4.69) is 46.8 Å². The van der Waals surface area contributed by atoms with Crippen molar-refractivity contribution in [3.05, 3.63) is 35.9 Å². The quantitative estimate of drug-likeness (QED) is 0.171. The zero-order chi connectivity index (χ0) is 35.4. The predicted octanol–water partition coefficient (Wildman–Crippen LogP) is 2.30.